The Morgan fingerprint density at radius 2 is 2.12 bits per heavy atom. The van der Waals surface area contributed by atoms with Crippen LogP contribution in [0.25, 0.3) is 0 Å². The van der Waals surface area contributed by atoms with Crippen molar-refractivity contribution in [1.82, 2.24) is 15.3 Å². The van der Waals surface area contributed by atoms with Gasteiger partial charge < -0.3 is 10.3 Å². The first-order valence-electron chi connectivity index (χ1n) is 8.35. The molecular weight excluding hydrogens is 358 g/mol. The molecule has 132 valence electrons. The average molecular weight is 378 g/mol. The summed E-state index contributed by atoms with van der Waals surface area (Å²) < 4.78 is 0. The van der Waals surface area contributed by atoms with Crippen LogP contribution in [0.1, 0.15) is 36.9 Å². The predicted octanol–water partition coefficient (Wildman–Crippen LogP) is 3.32. The van der Waals surface area contributed by atoms with Gasteiger partial charge >= 0.3 is 0 Å². The zero-order chi connectivity index (χ0) is 17.6. The maximum Gasteiger partial charge on any atom is 0.251 e. The van der Waals surface area contributed by atoms with E-state index in [0.717, 1.165) is 18.4 Å². The van der Waals surface area contributed by atoms with E-state index in [2.05, 4.69) is 15.3 Å². The highest BCUT2D eigenvalue weighted by Crippen LogP contribution is 2.21. The van der Waals surface area contributed by atoms with Gasteiger partial charge in [-0.15, -0.1) is 0 Å². The highest BCUT2D eigenvalue weighted by molar-refractivity contribution is 7.98. The van der Waals surface area contributed by atoms with Crippen molar-refractivity contribution in [1.29, 1.82) is 0 Å². The minimum atomic E-state index is -0.243. The van der Waals surface area contributed by atoms with Crippen LogP contribution in [-0.4, -0.2) is 21.9 Å². The van der Waals surface area contributed by atoms with Crippen molar-refractivity contribution < 1.29 is 4.79 Å². The second kappa shape index (κ2) is 8.54. The molecule has 1 fully saturated rings. The van der Waals surface area contributed by atoms with Gasteiger partial charge in [0.2, 0.25) is 5.91 Å². The molecule has 2 aromatic rings. The highest BCUT2D eigenvalue weighted by Gasteiger charge is 2.17. The third-order valence-electron chi connectivity index (χ3n) is 4.10. The quantitative estimate of drug-likeness (QED) is 0.598. The summed E-state index contributed by atoms with van der Waals surface area (Å²) in [6.45, 7) is 0. The zero-order valence-corrected chi connectivity index (χ0v) is 15.3. The molecule has 0 radical (unpaired) electrons. The smallest absolute Gasteiger partial charge is 0.251 e. The fraction of sp³-hybridized carbons (Fsp3) is 0.389. The first-order valence-corrected chi connectivity index (χ1v) is 9.72. The van der Waals surface area contributed by atoms with Crippen LogP contribution in [-0.2, 0) is 17.0 Å². The Kier molecular flexibility index (Phi) is 6.15. The van der Waals surface area contributed by atoms with Crippen LogP contribution < -0.4 is 10.9 Å². The lowest BCUT2D eigenvalue weighted by molar-refractivity contribution is -0.121. The molecule has 0 saturated heterocycles. The topological polar surface area (TPSA) is 74.8 Å². The van der Waals surface area contributed by atoms with Crippen LogP contribution >= 0.6 is 23.4 Å². The molecule has 0 aliphatic heterocycles. The Balaban J connectivity index is 1.61. The van der Waals surface area contributed by atoms with Crippen molar-refractivity contribution in [2.24, 2.45) is 0 Å². The molecule has 0 atom stereocenters. The van der Waals surface area contributed by atoms with Crippen molar-refractivity contribution in [3.05, 3.63) is 57.0 Å². The molecule has 0 unspecified atom stereocenters. The summed E-state index contributed by atoms with van der Waals surface area (Å²) in [6.07, 6.45) is 4.53. The maximum atomic E-state index is 12.1. The molecule has 25 heavy (non-hydrogen) atoms. The van der Waals surface area contributed by atoms with Gasteiger partial charge in [-0.05, 0) is 30.5 Å². The number of hydrogen-bond acceptors (Lipinski definition) is 4. The van der Waals surface area contributed by atoms with Crippen LogP contribution in [0.5, 0.6) is 0 Å². The van der Waals surface area contributed by atoms with Crippen LogP contribution in [0.3, 0.4) is 0 Å². The summed E-state index contributed by atoms with van der Waals surface area (Å²) >= 11 is 7.39. The Morgan fingerprint density at radius 1 is 1.32 bits per heavy atom. The van der Waals surface area contributed by atoms with Gasteiger partial charge in [0.25, 0.3) is 5.56 Å². The summed E-state index contributed by atoms with van der Waals surface area (Å²) in [4.78, 5) is 31.1. The lowest BCUT2D eigenvalue weighted by Gasteiger charge is -2.11. The fourth-order valence-corrected chi connectivity index (χ4v) is 3.98. The molecule has 0 bridgehead atoms. The van der Waals surface area contributed by atoms with Crippen molar-refractivity contribution in [2.75, 3.05) is 0 Å². The Morgan fingerprint density at radius 3 is 2.88 bits per heavy atom. The Bertz CT molecular complexity index is 803. The van der Waals surface area contributed by atoms with Crippen molar-refractivity contribution in [3.8, 4) is 0 Å². The number of rotatable bonds is 6. The number of nitrogens with one attached hydrogen (secondary N) is 2. The lowest BCUT2D eigenvalue weighted by atomic mass is 10.2. The Labute approximate surface area is 155 Å². The molecule has 1 saturated carbocycles. The van der Waals surface area contributed by atoms with Crippen LogP contribution in [0.2, 0.25) is 5.02 Å². The van der Waals surface area contributed by atoms with E-state index in [1.165, 1.54) is 30.7 Å². The first kappa shape index (κ1) is 18.0. The van der Waals surface area contributed by atoms with Gasteiger partial charge in [-0.3, -0.25) is 9.59 Å². The van der Waals surface area contributed by atoms with Crippen molar-refractivity contribution in [2.45, 2.75) is 49.1 Å². The third kappa shape index (κ3) is 5.61. The van der Waals surface area contributed by atoms with Gasteiger partial charge in [-0.2, -0.15) is 0 Å². The van der Waals surface area contributed by atoms with Gasteiger partial charge in [0.05, 0.1) is 12.1 Å². The van der Waals surface area contributed by atoms with Crippen LogP contribution in [0.15, 0.2) is 40.3 Å². The number of halogens is 1. The number of thioether (sulfide) groups is 1. The molecule has 1 aromatic carbocycles. The predicted molar refractivity (Wildman–Crippen MR) is 100.0 cm³/mol. The second-order valence-electron chi connectivity index (χ2n) is 6.19. The highest BCUT2D eigenvalue weighted by atomic mass is 35.5. The number of carbonyl (C=O) groups is 1. The second-order valence-corrected chi connectivity index (χ2v) is 7.59. The number of H-pyrrole nitrogens is 1. The van der Waals surface area contributed by atoms with Gasteiger partial charge in [0.1, 0.15) is 0 Å². The summed E-state index contributed by atoms with van der Waals surface area (Å²) in [5.41, 5.74) is 1.30. The van der Waals surface area contributed by atoms with E-state index in [0.29, 0.717) is 21.6 Å². The number of carbonyl (C=O) groups excluding carboxylic acids is 1. The van der Waals surface area contributed by atoms with E-state index in [1.54, 1.807) is 0 Å². The zero-order valence-electron chi connectivity index (χ0n) is 13.8. The van der Waals surface area contributed by atoms with E-state index < -0.39 is 0 Å². The van der Waals surface area contributed by atoms with Crippen molar-refractivity contribution in [3.63, 3.8) is 0 Å². The summed E-state index contributed by atoms with van der Waals surface area (Å²) in [7, 11) is 0. The molecule has 7 heteroatoms. The molecule has 1 aliphatic carbocycles. The van der Waals surface area contributed by atoms with E-state index in [1.807, 2.05) is 24.3 Å². The lowest BCUT2D eigenvalue weighted by Crippen LogP contribution is -2.34. The van der Waals surface area contributed by atoms with Crippen LogP contribution in [0.4, 0.5) is 0 Å². The first-order chi connectivity index (χ1) is 12.1. The normalized spacial score (nSPS) is 14.6. The minimum absolute atomic E-state index is 0.0733. The van der Waals surface area contributed by atoms with Gasteiger partial charge in [0.15, 0.2) is 5.16 Å². The largest absolute Gasteiger partial charge is 0.353 e. The van der Waals surface area contributed by atoms with Gasteiger partial charge in [0, 0.05) is 22.9 Å². The average Bonchev–Trinajstić information content (AvgIpc) is 3.05. The number of aromatic amines is 1. The van der Waals surface area contributed by atoms with E-state index in [-0.39, 0.29) is 23.9 Å². The number of amides is 1. The molecular formula is C18H20ClN3O2S. The molecule has 0 spiro atoms. The molecule has 1 amide bonds. The Hall–Kier alpha value is -1.79. The van der Waals surface area contributed by atoms with E-state index in [9.17, 15) is 9.59 Å². The van der Waals surface area contributed by atoms with Crippen LogP contribution in [0, 0.1) is 0 Å². The summed E-state index contributed by atoms with van der Waals surface area (Å²) in [6, 6.07) is 9.21. The van der Waals surface area contributed by atoms with Gasteiger partial charge in [-0.25, -0.2) is 4.98 Å². The minimum Gasteiger partial charge on any atom is -0.353 e. The SMILES string of the molecule is O=C(Cc1cc(=O)[nH]c(SCc2cccc(Cl)c2)n1)NC1CCCC1. The molecule has 1 heterocycles. The fourth-order valence-electron chi connectivity index (χ4n) is 2.93. The number of benzene rings is 1. The number of nitrogens with zero attached hydrogens (tertiary/aromatic N) is 1. The van der Waals surface area contributed by atoms with E-state index >= 15 is 0 Å². The molecule has 1 aromatic heterocycles. The monoisotopic (exact) mass is 377 g/mol. The summed E-state index contributed by atoms with van der Waals surface area (Å²) in [5.74, 6) is 0.567. The van der Waals surface area contributed by atoms with E-state index in [4.69, 9.17) is 11.6 Å². The molecule has 2 N–H and O–H groups in total. The summed E-state index contributed by atoms with van der Waals surface area (Å²) in [5, 5.41) is 4.21. The molecule has 5 nitrogen and oxygen atoms in total. The third-order valence-corrected chi connectivity index (χ3v) is 5.28. The standard InChI is InChI=1S/C18H20ClN3O2S/c19-13-5-3-4-12(8-13)11-25-18-21-15(10-17(24)22-18)9-16(23)20-14-6-1-2-7-14/h3-5,8,10,14H,1-2,6-7,9,11H2,(H,20,23)(H,21,22,24). The number of hydrogen-bond donors (Lipinski definition) is 2. The van der Waals surface area contributed by atoms with Gasteiger partial charge in [-0.1, -0.05) is 48.3 Å². The van der Waals surface area contributed by atoms with Crippen molar-refractivity contribution >= 4 is 29.3 Å². The molecule has 3 rings (SSSR count). The molecule has 1 aliphatic rings. The number of aromatic nitrogens is 2. The maximum absolute atomic E-state index is 12.1.